The van der Waals surface area contributed by atoms with Gasteiger partial charge in [-0.2, -0.15) is 0 Å². The van der Waals surface area contributed by atoms with Crippen LogP contribution in [0.25, 0.3) is 0 Å². The van der Waals surface area contributed by atoms with Crippen LogP contribution >= 0.6 is 0 Å². The van der Waals surface area contributed by atoms with Gasteiger partial charge in [0.05, 0.1) is 0 Å². The highest BCUT2D eigenvalue weighted by Gasteiger charge is 2.32. The Hall–Kier alpha value is -2.25. The minimum atomic E-state index is -4.80. The van der Waals surface area contributed by atoms with E-state index in [0.717, 1.165) is 25.0 Å². The lowest BCUT2D eigenvalue weighted by atomic mass is 10.0. The number of piperidine rings is 1. The number of hydrogen-bond acceptors (Lipinski definition) is 3. The Bertz CT molecular complexity index is 604. The van der Waals surface area contributed by atoms with Crippen molar-refractivity contribution in [3.63, 3.8) is 0 Å². The van der Waals surface area contributed by atoms with Gasteiger partial charge in [-0.15, -0.1) is 13.2 Å². The summed E-state index contributed by atoms with van der Waals surface area (Å²) in [4.78, 5) is 25.9. The zero-order chi connectivity index (χ0) is 17.7. The third kappa shape index (κ3) is 4.87. The van der Waals surface area contributed by atoms with E-state index >= 15 is 0 Å². The molecule has 0 unspecified atom stereocenters. The van der Waals surface area contributed by atoms with Gasteiger partial charge in [-0.1, -0.05) is 13.0 Å². The molecule has 1 aromatic rings. The molecule has 1 heterocycles. The van der Waals surface area contributed by atoms with Gasteiger partial charge in [-0.05, 0) is 31.4 Å². The molecule has 0 spiro atoms. The smallest absolute Gasteiger partial charge is 0.406 e. The van der Waals surface area contributed by atoms with E-state index < -0.39 is 24.1 Å². The van der Waals surface area contributed by atoms with E-state index in [1.165, 1.54) is 17.0 Å². The van der Waals surface area contributed by atoms with Gasteiger partial charge in [0.25, 0.3) is 0 Å². The van der Waals surface area contributed by atoms with E-state index in [-0.39, 0.29) is 11.6 Å². The van der Waals surface area contributed by atoms with Gasteiger partial charge in [-0.25, -0.2) is 0 Å². The zero-order valence-corrected chi connectivity index (χ0v) is 13.2. The first-order chi connectivity index (χ1) is 11.3. The summed E-state index contributed by atoms with van der Waals surface area (Å²) >= 11 is 0. The van der Waals surface area contributed by atoms with Crippen LogP contribution in [0, 0.1) is 0 Å². The molecular formula is C16H19F3N2O3. The van der Waals surface area contributed by atoms with Crippen LogP contribution in [0.3, 0.4) is 0 Å². The Morgan fingerprint density at radius 1 is 1.33 bits per heavy atom. The molecule has 1 N–H and O–H groups in total. The number of rotatable bonds is 4. The molecule has 1 aromatic carbocycles. The lowest BCUT2D eigenvalue weighted by Gasteiger charge is -2.34. The second kappa shape index (κ2) is 7.55. The summed E-state index contributed by atoms with van der Waals surface area (Å²) in [6, 6.07) is 4.47. The van der Waals surface area contributed by atoms with Gasteiger partial charge < -0.3 is 15.0 Å². The largest absolute Gasteiger partial charge is 0.573 e. The SMILES string of the molecule is CCC(=O)N1CCCC[C@@H]1C(=O)Nc1cccc(OC(F)(F)F)c1. The van der Waals surface area contributed by atoms with Crippen LogP contribution in [-0.4, -0.2) is 35.7 Å². The van der Waals surface area contributed by atoms with Crippen LogP contribution in [0.15, 0.2) is 24.3 Å². The third-order valence-electron chi connectivity index (χ3n) is 3.76. The predicted molar refractivity (Wildman–Crippen MR) is 81.4 cm³/mol. The fraction of sp³-hybridized carbons (Fsp3) is 0.500. The van der Waals surface area contributed by atoms with Gasteiger partial charge in [0.1, 0.15) is 11.8 Å². The molecule has 1 saturated heterocycles. The summed E-state index contributed by atoms with van der Waals surface area (Å²) in [6.45, 7) is 2.24. The van der Waals surface area contributed by atoms with E-state index in [2.05, 4.69) is 10.1 Å². The summed E-state index contributed by atoms with van der Waals surface area (Å²) in [5.74, 6) is -0.921. The Morgan fingerprint density at radius 2 is 2.08 bits per heavy atom. The molecule has 0 saturated carbocycles. The summed E-state index contributed by atoms with van der Waals surface area (Å²) in [7, 11) is 0. The van der Waals surface area contributed by atoms with E-state index in [1.54, 1.807) is 6.92 Å². The van der Waals surface area contributed by atoms with Gasteiger partial charge in [0.15, 0.2) is 0 Å². The van der Waals surface area contributed by atoms with Crippen molar-refractivity contribution in [3.05, 3.63) is 24.3 Å². The van der Waals surface area contributed by atoms with Crippen molar-refractivity contribution in [2.75, 3.05) is 11.9 Å². The Kier molecular flexibility index (Phi) is 5.69. The number of anilines is 1. The van der Waals surface area contributed by atoms with Crippen LogP contribution in [-0.2, 0) is 9.59 Å². The number of ether oxygens (including phenoxy) is 1. The van der Waals surface area contributed by atoms with Gasteiger partial charge in [0.2, 0.25) is 11.8 Å². The molecule has 1 fully saturated rings. The molecular weight excluding hydrogens is 325 g/mol. The lowest BCUT2D eigenvalue weighted by Crippen LogP contribution is -2.49. The summed E-state index contributed by atoms with van der Waals surface area (Å²) in [6.07, 6.45) is -2.29. The highest BCUT2D eigenvalue weighted by molar-refractivity contribution is 5.97. The molecule has 132 valence electrons. The lowest BCUT2D eigenvalue weighted by molar-refractivity contribution is -0.274. The van der Waals surface area contributed by atoms with Gasteiger partial charge in [0, 0.05) is 24.7 Å². The van der Waals surface area contributed by atoms with Crippen molar-refractivity contribution in [1.82, 2.24) is 4.90 Å². The Balaban J connectivity index is 2.08. The molecule has 1 aliphatic heterocycles. The molecule has 2 rings (SSSR count). The first-order valence-electron chi connectivity index (χ1n) is 7.76. The van der Waals surface area contributed by atoms with Crippen LogP contribution in [0.2, 0.25) is 0 Å². The average molecular weight is 344 g/mol. The molecule has 24 heavy (non-hydrogen) atoms. The number of carbonyl (C=O) groups is 2. The highest BCUT2D eigenvalue weighted by Crippen LogP contribution is 2.26. The normalized spacial score (nSPS) is 18.2. The molecule has 8 heteroatoms. The number of likely N-dealkylation sites (tertiary alicyclic amines) is 1. The molecule has 0 radical (unpaired) electrons. The van der Waals surface area contributed by atoms with Crippen molar-refractivity contribution in [1.29, 1.82) is 0 Å². The molecule has 5 nitrogen and oxygen atoms in total. The fourth-order valence-corrected chi connectivity index (χ4v) is 2.70. The van der Waals surface area contributed by atoms with E-state index in [4.69, 9.17) is 0 Å². The van der Waals surface area contributed by atoms with Crippen LogP contribution in [0.1, 0.15) is 32.6 Å². The molecule has 0 bridgehead atoms. The monoisotopic (exact) mass is 344 g/mol. The molecule has 2 amide bonds. The number of carbonyl (C=O) groups excluding carboxylic acids is 2. The Morgan fingerprint density at radius 3 is 2.75 bits per heavy atom. The second-order valence-electron chi connectivity index (χ2n) is 5.52. The van der Waals surface area contributed by atoms with Crippen molar-refractivity contribution in [3.8, 4) is 5.75 Å². The van der Waals surface area contributed by atoms with E-state index in [0.29, 0.717) is 19.4 Å². The first kappa shape index (κ1) is 18.1. The molecule has 0 aromatic heterocycles. The topological polar surface area (TPSA) is 58.6 Å². The zero-order valence-electron chi connectivity index (χ0n) is 13.2. The van der Waals surface area contributed by atoms with Gasteiger partial charge >= 0.3 is 6.36 Å². The summed E-state index contributed by atoms with van der Waals surface area (Å²) < 4.78 is 40.6. The van der Waals surface area contributed by atoms with E-state index in [1.807, 2.05) is 0 Å². The van der Waals surface area contributed by atoms with Crippen molar-refractivity contribution in [2.24, 2.45) is 0 Å². The Labute approximate surface area is 137 Å². The third-order valence-corrected chi connectivity index (χ3v) is 3.76. The minimum absolute atomic E-state index is 0.107. The van der Waals surface area contributed by atoms with Crippen LogP contribution in [0.5, 0.6) is 5.75 Å². The maximum atomic E-state index is 12.4. The minimum Gasteiger partial charge on any atom is -0.406 e. The van der Waals surface area contributed by atoms with Crippen LogP contribution in [0.4, 0.5) is 18.9 Å². The number of hydrogen-bond donors (Lipinski definition) is 1. The van der Waals surface area contributed by atoms with Crippen molar-refractivity contribution >= 4 is 17.5 Å². The number of nitrogens with one attached hydrogen (secondary N) is 1. The quantitative estimate of drug-likeness (QED) is 0.912. The highest BCUT2D eigenvalue weighted by atomic mass is 19.4. The maximum absolute atomic E-state index is 12.4. The van der Waals surface area contributed by atoms with Gasteiger partial charge in [-0.3, -0.25) is 9.59 Å². The molecule has 1 atom stereocenters. The predicted octanol–water partition coefficient (Wildman–Crippen LogP) is 3.31. The maximum Gasteiger partial charge on any atom is 0.573 e. The summed E-state index contributed by atoms with van der Waals surface area (Å²) in [5, 5.41) is 2.57. The average Bonchev–Trinajstić information content (AvgIpc) is 2.52. The van der Waals surface area contributed by atoms with Crippen molar-refractivity contribution < 1.29 is 27.5 Å². The number of benzene rings is 1. The molecule has 1 aliphatic rings. The second-order valence-corrected chi connectivity index (χ2v) is 5.52. The fourth-order valence-electron chi connectivity index (χ4n) is 2.70. The number of alkyl halides is 3. The number of amides is 2. The number of halogens is 3. The first-order valence-corrected chi connectivity index (χ1v) is 7.76. The van der Waals surface area contributed by atoms with Crippen LogP contribution < -0.4 is 10.1 Å². The standard InChI is InChI=1S/C16H19F3N2O3/c1-2-14(22)21-9-4-3-8-13(21)15(23)20-11-6-5-7-12(10-11)24-16(17,18)19/h5-7,10,13H,2-4,8-9H2,1H3,(H,20,23)/t13-/m1/s1. The van der Waals surface area contributed by atoms with E-state index in [9.17, 15) is 22.8 Å². The number of nitrogens with zero attached hydrogens (tertiary/aromatic N) is 1. The van der Waals surface area contributed by atoms with Crippen molar-refractivity contribution in [2.45, 2.75) is 45.0 Å². The molecule has 0 aliphatic carbocycles. The summed E-state index contributed by atoms with van der Waals surface area (Å²) in [5.41, 5.74) is 0.191.